The molecule has 23 heavy (non-hydrogen) atoms. The Hall–Kier alpha value is -1.02. The van der Waals surface area contributed by atoms with Crippen molar-refractivity contribution in [3.8, 4) is 5.75 Å². The summed E-state index contributed by atoms with van der Waals surface area (Å²) >= 11 is 0. The van der Waals surface area contributed by atoms with Crippen molar-refractivity contribution in [3.63, 3.8) is 0 Å². The van der Waals surface area contributed by atoms with E-state index in [0.717, 1.165) is 49.9 Å². The lowest BCUT2D eigenvalue weighted by Crippen LogP contribution is -2.40. The van der Waals surface area contributed by atoms with Gasteiger partial charge in [-0.1, -0.05) is 18.2 Å². The summed E-state index contributed by atoms with van der Waals surface area (Å²) in [5.74, 6) is 2.47. The van der Waals surface area contributed by atoms with Gasteiger partial charge >= 0.3 is 0 Å². The quantitative estimate of drug-likeness (QED) is 0.426. The predicted octanol–water partition coefficient (Wildman–Crippen LogP) is 2.75. The maximum Gasteiger partial charge on any atom is 0.194 e. The van der Waals surface area contributed by atoms with Gasteiger partial charge in [0, 0.05) is 38.2 Å². The van der Waals surface area contributed by atoms with Gasteiger partial charge in [0.1, 0.15) is 5.75 Å². The highest BCUT2D eigenvalue weighted by Gasteiger charge is 2.24. The lowest BCUT2D eigenvalue weighted by Gasteiger charge is -2.21. The third-order valence-electron chi connectivity index (χ3n) is 3.91. The molecule has 1 unspecified atom stereocenters. The Morgan fingerprint density at radius 2 is 2.13 bits per heavy atom. The average Bonchev–Trinajstić information content (AvgIpc) is 3.00. The largest absolute Gasteiger partial charge is 0.496 e. The summed E-state index contributed by atoms with van der Waals surface area (Å²) in [5, 5.41) is 3.39. The van der Waals surface area contributed by atoms with E-state index in [-0.39, 0.29) is 24.0 Å². The highest BCUT2D eigenvalue weighted by Crippen LogP contribution is 2.19. The second-order valence-corrected chi connectivity index (χ2v) is 5.54. The fourth-order valence-corrected chi connectivity index (χ4v) is 2.82. The summed E-state index contributed by atoms with van der Waals surface area (Å²) in [6, 6.07) is 8.03. The van der Waals surface area contributed by atoms with Crippen LogP contribution in [0, 0.1) is 5.92 Å². The molecule has 0 saturated carbocycles. The van der Waals surface area contributed by atoms with Gasteiger partial charge < -0.3 is 19.7 Å². The molecule has 1 aromatic carbocycles. The monoisotopic (exact) mass is 433 g/mol. The molecule has 1 fully saturated rings. The van der Waals surface area contributed by atoms with Crippen LogP contribution in [-0.2, 0) is 11.3 Å². The first-order chi connectivity index (χ1) is 10.8. The number of ether oxygens (including phenoxy) is 2. The third kappa shape index (κ3) is 5.84. The highest BCUT2D eigenvalue weighted by molar-refractivity contribution is 14.0. The Labute approximate surface area is 156 Å². The van der Waals surface area contributed by atoms with E-state index >= 15 is 0 Å². The number of aliphatic imine (C=N–C) groups is 1. The summed E-state index contributed by atoms with van der Waals surface area (Å²) in [4.78, 5) is 7.10. The molecule has 1 aromatic rings. The van der Waals surface area contributed by atoms with Crippen LogP contribution in [-0.4, -0.2) is 51.3 Å². The number of rotatable bonds is 6. The van der Waals surface area contributed by atoms with Crippen molar-refractivity contribution in [2.24, 2.45) is 10.9 Å². The molecule has 1 aliphatic rings. The van der Waals surface area contributed by atoms with Crippen molar-refractivity contribution < 1.29 is 9.47 Å². The number of para-hydroxylation sites is 1. The minimum absolute atomic E-state index is 0. The number of hydrogen-bond donors (Lipinski definition) is 1. The summed E-state index contributed by atoms with van der Waals surface area (Å²) in [6.07, 6.45) is 1.16. The molecular formula is C17H28IN3O2. The van der Waals surface area contributed by atoms with Crippen LogP contribution >= 0.6 is 24.0 Å². The predicted molar refractivity (Wildman–Crippen MR) is 105 cm³/mol. The topological polar surface area (TPSA) is 46.1 Å². The fraction of sp³-hybridized carbons (Fsp3) is 0.588. The minimum atomic E-state index is 0. The van der Waals surface area contributed by atoms with Crippen molar-refractivity contribution in [3.05, 3.63) is 29.8 Å². The Balaban J connectivity index is 0.00000264. The Kier molecular flexibility index (Phi) is 9.31. The second kappa shape index (κ2) is 10.7. The number of halogens is 1. The summed E-state index contributed by atoms with van der Waals surface area (Å²) in [7, 11) is 3.47. The molecule has 1 aliphatic heterocycles. The standard InChI is InChI=1S/C17H27N3O2.HI/c1-4-18-17(20-10-9-14(12-20)13-21-2)19-11-15-7-5-6-8-16(15)22-3;/h5-8,14H,4,9-13H2,1-3H3,(H,18,19);1H. The van der Waals surface area contributed by atoms with E-state index in [1.807, 2.05) is 18.2 Å². The van der Waals surface area contributed by atoms with Crippen molar-refractivity contribution in [1.29, 1.82) is 0 Å². The summed E-state index contributed by atoms with van der Waals surface area (Å²) in [5.41, 5.74) is 1.10. The lowest BCUT2D eigenvalue weighted by atomic mass is 10.1. The van der Waals surface area contributed by atoms with Gasteiger partial charge in [0.05, 0.1) is 20.3 Å². The summed E-state index contributed by atoms with van der Waals surface area (Å²) < 4.78 is 10.7. The zero-order valence-electron chi connectivity index (χ0n) is 14.2. The molecule has 6 heteroatoms. The van der Waals surface area contributed by atoms with Crippen LogP contribution in [0.15, 0.2) is 29.3 Å². The maximum atomic E-state index is 5.39. The Morgan fingerprint density at radius 1 is 1.35 bits per heavy atom. The summed E-state index contributed by atoms with van der Waals surface area (Å²) in [6.45, 7) is 6.45. The van der Waals surface area contributed by atoms with Gasteiger partial charge in [-0.25, -0.2) is 4.99 Å². The van der Waals surface area contributed by atoms with Gasteiger partial charge in [0.15, 0.2) is 5.96 Å². The van der Waals surface area contributed by atoms with E-state index in [1.165, 1.54) is 0 Å². The average molecular weight is 433 g/mol. The number of nitrogens with one attached hydrogen (secondary N) is 1. The fourth-order valence-electron chi connectivity index (χ4n) is 2.82. The van der Waals surface area contributed by atoms with E-state index in [9.17, 15) is 0 Å². The first kappa shape index (κ1) is 20.0. The number of benzene rings is 1. The molecule has 2 rings (SSSR count). The molecule has 0 radical (unpaired) electrons. The molecule has 0 aromatic heterocycles. The van der Waals surface area contributed by atoms with Crippen LogP contribution < -0.4 is 10.1 Å². The van der Waals surface area contributed by atoms with Gasteiger partial charge in [-0.15, -0.1) is 24.0 Å². The second-order valence-electron chi connectivity index (χ2n) is 5.54. The van der Waals surface area contributed by atoms with Crippen LogP contribution in [0.1, 0.15) is 18.9 Å². The van der Waals surface area contributed by atoms with Crippen molar-refractivity contribution in [2.75, 3.05) is 40.5 Å². The van der Waals surface area contributed by atoms with Crippen LogP contribution in [0.5, 0.6) is 5.75 Å². The highest BCUT2D eigenvalue weighted by atomic mass is 127. The molecule has 1 saturated heterocycles. The van der Waals surface area contributed by atoms with Gasteiger partial charge in [-0.2, -0.15) is 0 Å². The van der Waals surface area contributed by atoms with Crippen LogP contribution in [0.2, 0.25) is 0 Å². The van der Waals surface area contributed by atoms with E-state index in [4.69, 9.17) is 14.5 Å². The zero-order chi connectivity index (χ0) is 15.8. The molecule has 130 valence electrons. The minimum Gasteiger partial charge on any atom is -0.496 e. The number of nitrogens with zero attached hydrogens (tertiary/aromatic N) is 2. The molecular weight excluding hydrogens is 405 g/mol. The van der Waals surface area contributed by atoms with Gasteiger partial charge in [0.25, 0.3) is 0 Å². The molecule has 5 nitrogen and oxygen atoms in total. The van der Waals surface area contributed by atoms with Crippen LogP contribution in [0.3, 0.4) is 0 Å². The zero-order valence-corrected chi connectivity index (χ0v) is 16.6. The van der Waals surface area contributed by atoms with Crippen molar-refractivity contribution in [2.45, 2.75) is 19.9 Å². The number of guanidine groups is 1. The van der Waals surface area contributed by atoms with E-state index in [0.29, 0.717) is 12.5 Å². The third-order valence-corrected chi connectivity index (χ3v) is 3.91. The number of hydrogen-bond acceptors (Lipinski definition) is 3. The normalized spacial score (nSPS) is 17.8. The van der Waals surface area contributed by atoms with Crippen molar-refractivity contribution >= 4 is 29.9 Å². The molecule has 1 N–H and O–H groups in total. The van der Waals surface area contributed by atoms with Gasteiger partial charge in [0.2, 0.25) is 0 Å². The van der Waals surface area contributed by atoms with Crippen molar-refractivity contribution in [1.82, 2.24) is 10.2 Å². The smallest absolute Gasteiger partial charge is 0.194 e. The van der Waals surface area contributed by atoms with Crippen LogP contribution in [0.25, 0.3) is 0 Å². The van der Waals surface area contributed by atoms with E-state index < -0.39 is 0 Å². The SMILES string of the molecule is CCNC(=NCc1ccccc1OC)N1CCC(COC)C1.I. The number of methoxy groups -OCH3 is 2. The van der Waals surface area contributed by atoms with Gasteiger partial charge in [-0.05, 0) is 19.4 Å². The first-order valence-electron chi connectivity index (χ1n) is 7.92. The van der Waals surface area contributed by atoms with Crippen LogP contribution in [0.4, 0.5) is 0 Å². The number of likely N-dealkylation sites (tertiary alicyclic amines) is 1. The molecule has 0 aliphatic carbocycles. The first-order valence-corrected chi connectivity index (χ1v) is 7.92. The van der Waals surface area contributed by atoms with E-state index in [1.54, 1.807) is 14.2 Å². The van der Waals surface area contributed by atoms with E-state index in [2.05, 4.69) is 23.2 Å². The molecule has 0 amide bonds. The molecule has 0 bridgehead atoms. The maximum absolute atomic E-state index is 5.39. The Morgan fingerprint density at radius 3 is 2.83 bits per heavy atom. The van der Waals surface area contributed by atoms with Gasteiger partial charge in [-0.3, -0.25) is 0 Å². The lowest BCUT2D eigenvalue weighted by molar-refractivity contribution is 0.157. The Bertz CT molecular complexity index is 496. The molecule has 1 atom stereocenters. The molecule has 1 heterocycles. The molecule has 0 spiro atoms.